The van der Waals surface area contributed by atoms with Crippen LogP contribution in [-0.2, 0) is 4.79 Å². The van der Waals surface area contributed by atoms with E-state index in [1.54, 1.807) is 19.2 Å². The number of anilines is 1. The van der Waals surface area contributed by atoms with E-state index in [0.29, 0.717) is 11.4 Å². The minimum atomic E-state index is -0.161. The number of methoxy groups -OCH3 is 1. The zero-order valence-corrected chi connectivity index (χ0v) is 7.78. The van der Waals surface area contributed by atoms with Crippen LogP contribution in [0.15, 0.2) is 18.2 Å². The number of benzene rings is 1. The zero-order valence-electron chi connectivity index (χ0n) is 7.78. The summed E-state index contributed by atoms with van der Waals surface area (Å²) in [6.07, 6.45) is 0.873. The number of hydrogen-bond acceptors (Lipinski definition) is 3. The lowest BCUT2D eigenvalue weighted by molar-refractivity contribution is -0.108. The number of carbonyl (C=O) groups is 1. The van der Waals surface area contributed by atoms with E-state index >= 15 is 0 Å². The maximum absolute atomic E-state index is 10.5. The van der Waals surface area contributed by atoms with Crippen LogP contribution in [0.5, 0.6) is 5.75 Å². The zero-order chi connectivity index (χ0) is 9.84. The minimum absolute atomic E-state index is 0.161. The molecular formula is C10H13NO2. The van der Waals surface area contributed by atoms with Crippen LogP contribution >= 0.6 is 0 Å². The molecule has 0 aromatic heterocycles. The van der Waals surface area contributed by atoms with E-state index in [1.807, 2.05) is 13.0 Å². The number of aldehydes is 1. The molecule has 0 amide bonds. The van der Waals surface area contributed by atoms with Gasteiger partial charge in [-0.15, -0.1) is 0 Å². The number of rotatable bonds is 3. The summed E-state index contributed by atoms with van der Waals surface area (Å²) >= 11 is 0. The second kappa shape index (κ2) is 3.94. The third-order valence-corrected chi connectivity index (χ3v) is 1.99. The maximum Gasteiger partial charge on any atom is 0.127 e. The van der Waals surface area contributed by atoms with Crippen LogP contribution in [0.25, 0.3) is 0 Å². The van der Waals surface area contributed by atoms with Gasteiger partial charge in [0.2, 0.25) is 0 Å². The van der Waals surface area contributed by atoms with Gasteiger partial charge >= 0.3 is 0 Å². The van der Waals surface area contributed by atoms with Gasteiger partial charge in [0.15, 0.2) is 0 Å². The van der Waals surface area contributed by atoms with E-state index in [1.165, 1.54) is 0 Å². The summed E-state index contributed by atoms with van der Waals surface area (Å²) in [7, 11) is 1.58. The van der Waals surface area contributed by atoms with E-state index in [2.05, 4.69) is 0 Å². The van der Waals surface area contributed by atoms with Crippen LogP contribution in [0.4, 0.5) is 5.69 Å². The Balaban J connectivity index is 3.04. The fourth-order valence-electron chi connectivity index (χ4n) is 1.17. The Kier molecular flexibility index (Phi) is 2.90. The van der Waals surface area contributed by atoms with Gasteiger partial charge in [-0.3, -0.25) is 0 Å². The van der Waals surface area contributed by atoms with Crippen molar-refractivity contribution < 1.29 is 9.53 Å². The van der Waals surface area contributed by atoms with Crippen molar-refractivity contribution in [2.24, 2.45) is 0 Å². The molecule has 0 bridgehead atoms. The van der Waals surface area contributed by atoms with Crippen molar-refractivity contribution in [1.82, 2.24) is 0 Å². The van der Waals surface area contributed by atoms with Crippen molar-refractivity contribution in [2.45, 2.75) is 12.8 Å². The van der Waals surface area contributed by atoms with Gasteiger partial charge in [-0.05, 0) is 11.6 Å². The van der Waals surface area contributed by atoms with Crippen LogP contribution in [0.1, 0.15) is 18.4 Å². The molecule has 0 saturated carbocycles. The molecule has 0 fully saturated rings. The summed E-state index contributed by atoms with van der Waals surface area (Å²) in [4.78, 5) is 10.5. The topological polar surface area (TPSA) is 52.3 Å². The number of ether oxygens (including phenoxy) is 1. The normalized spacial score (nSPS) is 12.2. The maximum atomic E-state index is 10.5. The molecule has 13 heavy (non-hydrogen) atoms. The number of nitrogen functional groups attached to an aromatic ring is 1. The third-order valence-electron chi connectivity index (χ3n) is 1.99. The van der Waals surface area contributed by atoms with Crippen LogP contribution in [-0.4, -0.2) is 13.4 Å². The summed E-state index contributed by atoms with van der Waals surface area (Å²) in [5, 5.41) is 0. The highest BCUT2D eigenvalue weighted by Gasteiger charge is 2.07. The highest BCUT2D eigenvalue weighted by Crippen LogP contribution is 2.24. The first-order chi connectivity index (χ1) is 6.19. The van der Waals surface area contributed by atoms with Crippen molar-refractivity contribution in [3.05, 3.63) is 23.8 Å². The molecule has 70 valence electrons. The standard InChI is InChI=1S/C10H13NO2/c1-7(6-12)9-4-3-8(13-2)5-10(9)11/h3-7H,11H2,1-2H3. The Morgan fingerprint density at radius 1 is 1.54 bits per heavy atom. The molecule has 3 heteroatoms. The predicted molar refractivity (Wildman–Crippen MR) is 51.9 cm³/mol. The molecule has 1 atom stereocenters. The highest BCUT2D eigenvalue weighted by molar-refractivity contribution is 5.67. The van der Waals surface area contributed by atoms with Gasteiger partial charge in [-0.2, -0.15) is 0 Å². The summed E-state index contributed by atoms with van der Waals surface area (Å²) in [5.74, 6) is 0.547. The fourth-order valence-corrected chi connectivity index (χ4v) is 1.17. The van der Waals surface area contributed by atoms with Crippen LogP contribution in [0.2, 0.25) is 0 Å². The lowest BCUT2D eigenvalue weighted by atomic mass is 10.0. The van der Waals surface area contributed by atoms with E-state index in [0.717, 1.165) is 11.8 Å². The Hall–Kier alpha value is -1.51. The molecule has 1 aromatic rings. The van der Waals surface area contributed by atoms with Gasteiger partial charge < -0.3 is 15.3 Å². The molecule has 1 rings (SSSR count). The first kappa shape index (κ1) is 9.58. The summed E-state index contributed by atoms with van der Waals surface area (Å²) in [6, 6.07) is 5.33. The number of nitrogens with two attached hydrogens (primary N) is 1. The van der Waals surface area contributed by atoms with Gasteiger partial charge in [0.1, 0.15) is 12.0 Å². The summed E-state index contributed by atoms with van der Waals surface area (Å²) < 4.78 is 5.00. The van der Waals surface area contributed by atoms with E-state index in [-0.39, 0.29) is 5.92 Å². The van der Waals surface area contributed by atoms with E-state index in [4.69, 9.17) is 10.5 Å². The Morgan fingerprint density at radius 3 is 2.69 bits per heavy atom. The fraction of sp³-hybridized carbons (Fsp3) is 0.300. The average molecular weight is 179 g/mol. The monoisotopic (exact) mass is 179 g/mol. The Labute approximate surface area is 77.5 Å². The molecule has 1 aromatic carbocycles. The van der Waals surface area contributed by atoms with Crippen molar-refractivity contribution >= 4 is 12.0 Å². The lowest BCUT2D eigenvalue weighted by Crippen LogP contribution is -2.00. The molecule has 0 spiro atoms. The van der Waals surface area contributed by atoms with Gasteiger partial charge in [0, 0.05) is 17.7 Å². The molecule has 0 aliphatic carbocycles. The summed E-state index contributed by atoms with van der Waals surface area (Å²) in [5.41, 5.74) is 7.17. The number of carbonyl (C=O) groups excluding carboxylic acids is 1. The Bertz CT molecular complexity index is 310. The van der Waals surface area contributed by atoms with E-state index in [9.17, 15) is 4.79 Å². The van der Waals surface area contributed by atoms with Crippen LogP contribution in [0, 0.1) is 0 Å². The van der Waals surface area contributed by atoms with Crippen LogP contribution in [0.3, 0.4) is 0 Å². The quantitative estimate of drug-likeness (QED) is 0.566. The lowest BCUT2D eigenvalue weighted by Gasteiger charge is -2.09. The first-order valence-electron chi connectivity index (χ1n) is 4.07. The second-order valence-electron chi connectivity index (χ2n) is 2.92. The molecule has 0 aliphatic heterocycles. The van der Waals surface area contributed by atoms with Gasteiger partial charge in [-0.25, -0.2) is 0 Å². The second-order valence-corrected chi connectivity index (χ2v) is 2.92. The smallest absolute Gasteiger partial charge is 0.127 e. The van der Waals surface area contributed by atoms with Gasteiger partial charge in [0.25, 0.3) is 0 Å². The van der Waals surface area contributed by atoms with E-state index < -0.39 is 0 Å². The molecular weight excluding hydrogens is 166 g/mol. The summed E-state index contributed by atoms with van der Waals surface area (Å²) in [6.45, 7) is 1.81. The molecule has 1 unspecified atom stereocenters. The Morgan fingerprint density at radius 2 is 2.23 bits per heavy atom. The minimum Gasteiger partial charge on any atom is -0.497 e. The van der Waals surface area contributed by atoms with Gasteiger partial charge in [0.05, 0.1) is 7.11 Å². The first-order valence-corrected chi connectivity index (χ1v) is 4.07. The molecule has 0 heterocycles. The van der Waals surface area contributed by atoms with Crippen molar-refractivity contribution in [3.8, 4) is 5.75 Å². The molecule has 0 aliphatic rings. The number of hydrogen-bond donors (Lipinski definition) is 1. The average Bonchev–Trinajstić information content (AvgIpc) is 2.16. The van der Waals surface area contributed by atoms with Gasteiger partial charge in [-0.1, -0.05) is 13.0 Å². The van der Waals surface area contributed by atoms with Crippen molar-refractivity contribution in [1.29, 1.82) is 0 Å². The van der Waals surface area contributed by atoms with Crippen LogP contribution < -0.4 is 10.5 Å². The molecule has 0 radical (unpaired) electrons. The van der Waals surface area contributed by atoms with Crippen molar-refractivity contribution in [2.75, 3.05) is 12.8 Å². The SMILES string of the molecule is COc1ccc(C(C)C=O)c(N)c1. The molecule has 3 nitrogen and oxygen atoms in total. The van der Waals surface area contributed by atoms with Crippen molar-refractivity contribution in [3.63, 3.8) is 0 Å². The molecule has 2 N–H and O–H groups in total. The largest absolute Gasteiger partial charge is 0.497 e. The predicted octanol–water partition coefficient (Wildman–Crippen LogP) is 1.58. The molecule has 0 saturated heterocycles. The third kappa shape index (κ3) is 1.99. The highest BCUT2D eigenvalue weighted by atomic mass is 16.5.